The van der Waals surface area contributed by atoms with Crippen LogP contribution in [0.3, 0.4) is 0 Å². The van der Waals surface area contributed by atoms with Crippen molar-refractivity contribution in [2.75, 3.05) is 0 Å². The SMILES string of the molecule is Bc1ccc2ncoc(=O)c2c1. The Kier molecular flexibility index (Phi) is 1.47. The predicted octanol–water partition coefficient (Wildman–Crippen LogP) is -0.554. The first kappa shape index (κ1) is 7.09. The van der Waals surface area contributed by atoms with E-state index in [1.54, 1.807) is 6.07 Å². The van der Waals surface area contributed by atoms with Crippen LogP contribution in [0.15, 0.2) is 33.8 Å². The van der Waals surface area contributed by atoms with Crippen LogP contribution in [0.4, 0.5) is 0 Å². The first-order chi connectivity index (χ1) is 5.77. The smallest absolute Gasteiger partial charge is 0.346 e. The van der Waals surface area contributed by atoms with Gasteiger partial charge in [0.25, 0.3) is 0 Å². The monoisotopic (exact) mass is 159 g/mol. The fourth-order valence-electron chi connectivity index (χ4n) is 1.12. The van der Waals surface area contributed by atoms with Crippen molar-refractivity contribution in [1.29, 1.82) is 0 Å². The van der Waals surface area contributed by atoms with Crippen molar-refractivity contribution in [3.8, 4) is 0 Å². The van der Waals surface area contributed by atoms with Gasteiger partial charge in [-0.3, -0.25) is 0 Å². The molecule has 0 radical (unpaired) electrons. The van der Waals surface area contributed by atoms with E-state index in [1.165, 1.54) is 6.39 Å². The summed E-state index contributed by atoms with van der Waals surface area (Å²) in [6.07, 6.45) is 1.17. The molecule has 1 aromatic heterocycles. The molecule has 0 bridgehead atoms. The Balaban J connectivity index is 2.98. The van der Waals surface area contributed by atoms with Gasteiger partial charge in [0.15, 0.2) is 6.39 Å². The van der Waals surface area contributed by atoms with Gasteiger partial charge in [-0.15, -0.1) is 0 Å². The average molecular weight is 159 g/mol. The maximum absolute atomic E-state index is 11.1. The van der Waals surface area contributed by atoms with E-state index in [-0.39, 0.29) is 5.63 Å². The molecule has 0 spiro atoms. The largest absolute Gasteiger partial charge is 0.411 e. The molecule has 12 heavy (non-hydrogen) atoms. The average Bonchev–Trinajstić information content (AvgIpc) is 2.07. The Morgan fingerprint density at radius 2 is 2.25 bits per heavy atom. The van der Waals surface area contributed by atoms with Crippen LogP contribution in [-0.4, -0.2) is 12.8 Å². The second kappa shape index (κ2) is 2.48. The first-order valence-corrected chi connectivity index (χ1v) is 3.61. The van der Waals surface area contributed by atoms with Gasteiger partial charge < -0.3 is 4.42 Å². The second-order valence-corrected chi connectivity index (χ2v) is 2.66. The highest BCUT2D eigenvalue weighted by molar-refractivity contribution is 6.33. The molecule has 0 fully saturated rings. The molecule has 0 N–H and O–H groups in total. The van der Waals surface area contributed by atoms with E-state index < -0.39 is 0 Å². The maximum Gasteiger partial charge on any atom is 0.346 e. The lowest BCUT2D eigenvalue weighted by Gasteiger charge is -1.94. The van der Waals surface area contributed by atoms with Crippen LogP contribution in [0, 0.1) is 0 Å². The van der Waals surface area contributed by atoms with Gasteiger partial charge in [0.1, 0.15) is 7.85 Å². The Bertz CT molecular complexity index is 478. The van der Waals surface area contributed by atoms with E-state index in [0.29, 0.717) is 10.9 Å². The predicted molar refractivity (Wildman–Crippen MR) is 48.5 cm³/mol. The third kappa shape index (κ3) is 1.01. The van der Waals surface area contributed by atoms with Crippen LogP contribution >= 0.6 is 0 Å². The van der Waals surface area contributed by atoms with Crippen LogP contribution in [0.2, 0.25) is 0 Å². The van der Waals surface area contributed by atoms with E-state index in [4.69, 9.17) is 0 Å². The number of rotatable bonds is 0. The van der Waals surface area contributed by atoms with Crippen LogP contribution < -0.4 is 11.1 Å². The normalized spacial score (nSPS) is 10.3. The van der Waals surface area contributed by atoms with Crippen LogP contribution in [0.1, 0.15) is 0 Å². The molecule has 0 aliphatic rings. The Morgan fingerprint density at radius 3 is 3.08 bits per heavy atom. The topological polar surface area (TPSA) is 43.1 Å². The van der Waals surface area contributed by atoms with Crippen molar-refractivity contribution >= 4 is 24.2 Å². The molecular formula is C8H6BNO2. The molecule has 0 saturated carbocycles. The molecule has 2 rings (SSSR count). The second-order valence-electron chi connectivity index (χ2n) is 2.66. The van der Waals surface area contributed by atoms with Gasteiger partial charge in [-0.05, 0) is 6.07 Å². The van der Waals surface area contributed by atoms with Gasteiger partial charge in [0.05, 0.1) is 10.9 Å². The highest BCUT2D eigenvalue weighted by Gasteiger charge is 1.99. The van der Waals surface area contributed by atoms with Gasteiger partial charge in [0, 0.05) is 0 Å². The summed E-state index contributed by atoms with van der Waals surface area (Å²) in [5.41, 5.74) is 1.38. The van der Waals surface area contributed by atoms with E-state index in [2.05, 4.69) is 9.40 Å². The lowest BCUT2D eigenvalue weighted by Crippen LogP contribution is -2.06. The summed E-state index contributed by atoms with van der Waals surface area (Å²) in [7, 11) is 1.92. The minimum absolute atomic E-state index is 0.330. The fraction of sp³-hybridized carbons (Fsp3) is 0. The molecule has 2 aromatic rings. The molecule has 0 unspecified atom stereocenters. The molecule has 0 atom stereocenters. The van der Waals surface area contributed by atoms with E-state index in [1.807, 2.05) is 20.0 Å². The Labute approximate surface area is 69.5 Å². The molecule has 58 valence electrons. The van der Waals surface area contributed by atoms with Crippen molar-refractivity contribution in [2.24, 2.45) is 0 Å². The third-order valence-electron chi connectivity index (χ3n) is 1.72. The molecule has 0 aliphatic heterocycles. The van der Waals surface area contributed by atoms with E-state index in [0.717, 1.165) is 5.46 Å². The first-order valence-electron chi connectivity index (χ1n) is 3.61. The minimum Gasteiger partial charge on any atom is -0.411 e. The summed E-state index contributed by atoms with van der Waals surface area (Å²) in [6, 6.07) is 5.49. The summed E-state index contributed by atoms with van der Waals surface area (Å²) < 4.78 is 4.63. The van der Waals surface area contributed by atoms with Crippen LogP contribution in [0.5, 0.6) is 0 Å². The molecule has 1 heterocycles. The van der Waals surface area contributed by atoms with Crippen LogP contribution in [-0.2, 0) is 0 Å². The zero-order chi connectivity index (χ0) is 8.55. The maximum atomic E-state index is 11.1. The summed E-state index contributed by atoms with van der Waals surface area (Å²) in [6.45, 7) is 0. The standard InChI is InChI=1S/C8H6BNO2/c9-5-1-2-7-6(3-5)8(11)12-4-10-7/h1-4H,9H2. The van der Waals surface area contributed by atoms with Crippen molar-refractivity contribution < 1.29 is 4.42 Å². The van der Waals surface area contributed by atoms with Crippen molar-refractivity contribution in [3.05, 3.63) is 35.0 Å². The number of nitrogens with zero attached hydrogens (tertiary/aromatic N) is 1. The number of fused-ring (bicyclic) bond motifs is 1. The quantitative estimate of drug-likeness (QED) is 0.484. The van der Waals surface area contributed by atoms with Crippen molar-refractivity contribution in [1.82, 2.24) is 4.98 Å². The summed E-state index contributed by atoms with van der Waals surface area (Å²) >= 11 is 0. The van der Waals surface area contributed by atoms with Gasteiger partial charge in [0.2, 0.25) is 0 Å². The van der Waals surface area contributed by atoms with E-state index in [9.17, 15) is 4.79 Å². The zero-order valence-electron chi connectivity index (χ0n) is 6.57. The Morgan fingerprint density at radius 1 is 1.42 bits per heavy atom. The zero-order valence-corrected chi connectivity index (χ0v) is 6.57. The van der Waals surface area contributed by atoms with Crippen LogP contribution in [0.25, 0.3) is 10.9 Å². The highest BCUT2D eigenvalue weighted by Crippen LogP contribution is 2.01. The number of hydrogen-bond acceptors (Lipinski definition) is 3. The number of benzene rings is 1. The van der Waals surface area contributed by atoms with Gasteiger partial charge >= 0.3 is 5.63 Å². The van der Waals surface area contributed by atoms with Crippen molar-refractivity contribution in [3.63, 3.8) is 0 Å². The van der Waals surface area contributed by atoms with Gasteiger partial charge in [-0.2, -0.15) is 0 Å². The lowest BCUT2D eigenvalue weighted by atomic mass is 9.95. The molecule has 3 nitrogen and oxygen atoms in total. The van der Waals surface area contributed by atoms with Crippen molar-refractivity contribution in [2.45, 2.75) is 0 Å². The summed E-state index contributed by atoms with van der Waals surface area (Å²) in [5.74, 6) is 0. The molecule has 0 aliphatic carbocycles. The lowest BCUT2D eigenvalue weighted by molar-refractivity contribution is 0.501. The number of hydrogen-bond donors (Lipinski definition) is 0. The molecular weight excluding hydrogens is 153 g/mol. The third-order valence-corrected chi connectivity index (χ3v) is 1.72. The minimum atomic E-state index is -0.330. The molecule has 0 amide bonds. The highest BCUT2D eigenvalue weighted by atomic mass is 16.4. The Hall–Kier alpha value is -1.58. The number of aromatic nitrogens is 1. The van der Waals surface area contributed by atoms with Gasteiger partial charge in [-0.25, -0.2) is 9.78 Å². The molecule has 1 aromatic carbocycles. The molecule has 0 saturated heterocycles. The summed E-state index contributed by atoms with van der Waals surface area (Å²) in [4.78, 5) is 15.0. The van der Waals surface area contributed by atoms with E-state index >= 15 is 0 Å². The molecule has 4 heteroatoms. The summed E-state index contributed by atoms with van der Waals surface area (Å²) in [5, 5.41) is 0.539. The fourth-order valence-corrected chi connectivity index (χ4v) is 1.12. The van der Waals surface area contributed by atoms with Gasteiger partial charge in [-0.1, -0.05) is 17.6 Å².